The Morgan fingerprint density at radius 2 is 1.67 bits per heavy atom. The fourth-order valence-corrected chi connectivity index (χ4v) is 2.50. The van der Waals surface area contributed by atoms with Crippen LogP contribution in [-0.4, -0.2) is 18.5 Å². The van der Waals surface area contributed by atoms with Gasteiger partial charge in [0.15, 0.2) is 0 Å². The maximum atomic E-state index is 12.3. The van der Waals surface area contributed by atoms with E-state index < -0.39 is 6.03 Å². The average Bonchev–Trinajstić information content (AvgIpc) is 2.61. The zero-order valence-electron chi connectivity index (χ0n) is 13.8. The molecule has 5 nitrogen and oxygen atoms in total. The van der Waals surface area contributed by atoms with Gasteiger partial charge in [-0.2, -0.15) is 0 Å². The van der Waals surface area contributed by atoms with Crippen LogP contribution >= 0.6 is 0 Å². The maximum Gasteiger partial charge on any atom is 0.312 e. The fourth-order valence-electron chi connectivity index (χ4n) is 2.50. The normalized spacial score (nSPS) is 11.5. The van der Waals surface area contributed by atoms with E-state index in [-0.39, 0.29) is 5.91 Å². The lowest BCUT2D eigenvalue weighted by Crippen LogP contribution is -2.29. The molecule has 4 N–H and O–H groups in total. The highest BCUT2D eigenvalue weighted by molar-refractivity contribution is 5.94. The number of primary amides is 1. The molecule has 2 aromatic rings. The Bertz CT molecular complexity index is 669. The first-order chi connectivity index (χ1) is 11.6. The van der Waals surface area contributed by atoms with Crippen LogP contribution in [0.25, 0.3) is 0 Å². The van der Waals surface area contributed by atoms with Crippen LogP contribution in [0.15, 0.2) is 54.6 Å². The molecule has 0 aromatic heterocycles. The second-order valence-corrected chi connectivity index (χ2v) is 5.64. The Kier molecular flexibility index (Phi) is 6.37. The Hall–Kier alpha value is -2.82. The van der Waals surface area contributed by atoms with Crippen molar-refractivity contribution in [2.45, 2.75) is 25.8 Å². The van der Waals surface area contributed by atoms with Crippen LogP contribution in [0.1, 0.15) is 40.7 Å². The SMILES string of the molecule is CCC(CNC(=O)c1ccc(CNC(N)=O)cc1)c1ccccc1. The second kappa shape index (κ2) is 8.72. The lowest BCUT2D eigenvalue weighted by atomic mass is 9.96. The summed E-state index contributed by atoms with van der Waals surface area (Å²) in [6.07, 6.45) is 0.960. The molecule has 126 valence electrons. The number of nitrogens with two attached hydrogens (primary N) is 1. The van der Waals surface area contributed by atoms with Gasteiger partial charge in [0.2, 0.25) is 0 Å². The van der Waals surface area contributed by atoms with Crippen molar-refractivity contribution >= 4 is 11.9 Å². The van der Waals surface area contributed by atoms with Crippen LogP contribution in [0.4, 0.5) is 4.79 Å². The highest BCUT2D eigenvalue weighted by Gasteiger charge is 2.12. The van der Waals surface area contributed by atoms with Crippen LogP contribution in [0.3, 0.4) is 0 Å². The number of nitrogens with one attached hydrogen (secondary N) is 2. The summed E-state index contributed by atoms with van der Waals surface area (Å²) >= 11 is 0. The Labute approximate surface area is 142 Å². The van der Waals surface area contributed by atoms with E-state index in [4.69, 9.17) is 5.73 Å². The summed E-state index contributed by atoms with van der Waals surface area (Å²) in [5.41, 5.74) is 7.75. The van der Waals surface area contributed by atoms with E-state index >= 15 is 0 Å². The smallest absolute Gasteiger partial charge is 0.312 e. The number of rotatable bonds is 7. The van der Waals surface area contributed by atoms with Crippen molar-refractivity contribution < 1.29 is 9.59 Å². The Morgan fingerprint density at radius 1 is 1.00 bits per heavy atom. The van der Waals surface area contributed by atoms with Gasteiger partial charge in [0, 0.05) is 24.6 Å². The van der Waals surface area contributed by atoms with Crippen molar-refractivity contribution in [2.24, 2.45) is 5.73 Å². The number of amides is 3. The lowest BCUT2D eigenvalue weighted by molar-refractivity contribution is 0.0951. The molecule has 1 atom stereocenters. The van der Waals surface area contributed by atoms with Crippen molar-refractivity contribution in [1.82, 2.24) is 10.6 Å². The molecular weight excluding hydrogens is 302 g/mol. The van der Waals surface area contributed by atoms with Gasteiger partial charge in [0.25, 0.3) is 5.91 Å². The summed E-state index contributed by atoms with van der Waals surface area (Å²) in [7, 11) is 0. The topological polar surface area (TPSA) is 84.2 Å². The van der Waals surface area contributed by atoms with Gasteiger partial charge in [-0.15, -0.1) is 0 Å². The first kappa shape index (κ1) is 17.5. The number of carbonyl (C=O) groups excluding carboxylic acids is 2. The molecule has 0 aliphatic carbocycles. The van der Waals surface area contributed by atoms with E-state index in [1.54, 1.807) is 24.3 Å². The third-order valence-corrected chi connectivity index (χ3v) is 3.96. The molecule has 0 radical (unpaired) electrons. The monoisotopic (exact) mass is 325 g/mol. The van der Waals surface area contributed by atoms with Crippen molar-refractivity contribution in [1.29, 1.82) is 0 Å². The molecule has 24 heavy (non-hydrogen) atoms. The highest BCUT2D eigenvalue weighted by atomic mass is 16.2. The quantitative estimate of drug-likeness (QED) is 0.731. The van der Waals surface area contributed by atoms with Gasteiger partial charge in [0.1, 0.15) is 0 Å². The Morgan fingerprint density at radius 3 is 2.25 bits per heavy atom. The number of hydrogen-bond acceptors (Lipinski definition) is 2. The largest absolute Gasteiger partial charge is 0.352 e. The molecule has 0 heterocycles. The molecule has 0 bridgehead atoms. The van der Waals surface area contributed by atoms with E-state index in [0.29, 0.717) is 24.6 Å². The minimum Gasteiger partial charge on any atom is -0.352 e. The number of hydrogen-bond donors (Lipinski definition) is 3. The first-order valence-corrected chi connectivity index (χ1v) is 8.05. The van der Waals surface area contributed by atoms with Gasteiger partial charge in [-0.3, -0.25) is 4.79 Å². The predicted molar refractivity (Wildman–Crippen MR) is 94.7 cm³/mol. The summed E-state index contributed by atoms with van der Waals surface area (Å²) in [4.78, 5) is 23.0. The molecule has 0 spiro atoms. The predicted octanol–water partition coefficient (Wildman–Crippen LogP) is 2.78. The molecule has 1 unspecified atom stereocenters. The molecule has 3 amide bonds. The van der Waals surface area contributed by atoms with Gasteiger partial charge in [-0.05, 0) is 29.7 Å². The molecule has 2 aromatic carbocycles. The standard InChI is InChI=1S/C19H23N3O2/c1-2-15(16-6-4-3-5-7-16)13-21-18(23)17-10-8-14(9-11-17)12-22-19(20)24/h3-11,15H,2,12-13H2,1H3,(H,21,23)(H3,20,22,24). The van der Waals surface area contributed by atoms with Crippen LogP contribution in [0.5, 0.6) is 0 Å². The van der Waals surface area contributed by atoms with E-state index in [1.165, 1.54) is 5.56 Å². The van der Waals surface area contributed by atoms with E-state index in [2.05, 4.69) is 29.7 Å². The van der Waals surface area contributed by atoms with Gasteiger partial charge in [0.05, 0.1) is 0 Å². The van der Waals surface area contributed by atoms with E-state index in [0.717, 1.165) is 12.0 Å². The van der Waals surface area contributed by atoms with Crippen molar-refractivity contribution in [3.8, 4) is 0 Å². The summed E-state index contributed by atoms with van der Waals surface area (Å²) < 4.78 is 0. The van der Waals surface area contributed by atoms with E-state index in [1.807, 2.05) is 18.2 Å². The van der Waals surface area contributed by atoms with Crippen LogP contribution in [-0.2, 0) is 6.54 Å². The molecule has 0 saturated carbocycles. The highest BCUT2D eigenvalue weighted by Crippen LogP contribution is 2.18. The molecular formula is C19H23N3O2. The summed E-state index contributed by atoms with van der Waals surface area (Å²) in [5.74, 6) is 0.202. The third-order valence-electron chi connectivity index (χ3n) is 3.96. The molecule has 0 aliphatic heterocycles. The number of benzene rings is 2. The van der Waals surface area contributed by atoms with Gasteiger partial charge >= 0.3 is 6.03 Å². The van der Waals surface area contributed by atoms with Gasteiger partial charge < -0.3 is 16.4 Å². The fraction of sp³-hybridized carbons (Fsp3) is 0.263. The van der Waals surface area contributed by atoms with Crippen LogP contribution < -0.4 is 16.4 Å². The summed E-state index contributed by atoms with van der Waals surface area (Å²) in [6, 6.07) is 16.7. The lowest BCUT2D eigenvalue weighted by Gasteiger charge is -2.16. The van der Waals surface area contributed by atoms with Crippen molar-refractivity contribution in [3.63, 3.8) is 0 Å². The molecule has 2 rings (SSSR count). The summed E-state index contributed by atoms with van der Waals surface area (Å²) in [5, 5.41) is 5.50. The van der Waals surface area contributed by atoms with Gasteiger partial charge in [-0.25, -0.2) is 4.79 Å². The molecule has 0 saturated heterocycles. The van der Waals surface area contributed by atoms with E-state index in [9.17, 15) is 9.59 Å². The van der Waals surface area contributed by atoms with Crippen LogP contribution in [0.2, 0.25) is 0 Å². The minimum atomic E-state index is -0.566. The van der Waals surface area contributed by atoms with Crippen molar-refractivity contribution in [2.75, 3.05) is 6.54 Å². The maximum absolute atomic E-state index is 12.3. The van der Waals surface area contributed by atoms with Crippen molar-refractivity contribution in [3.05, 3.63) is 71.3 Å². The zero-order chi connectivity index (χ0) is 17.4. The van der Waals surface area contributed by atoms with Crippen LogP contribution in [0, 0.1) is 0 Å². The first-order valence-electron chi connectivity index (χ1n) is 8.05. The third kappa shape index (κ3) is 5.12. The average molecular weight is 325 g/mol. The summed E-state index contributed by atoms with van der Waals surface area (Å²) in [6.45, 7) is 3.07. The molecule has 5 heteroatoms. The number of carbonyl (C=O) groups is 2. The number of urea groups is 1. The Balaban J connectivity index is 1.91. The van der Waals surface area contributed by atoms with Gasteiger partial charge in [-0.1, -0.05) is 49.4 Å². The molecule has 0 fully saturated rings. The minimum absolute atomic E-state index is 0.0983. The zero-order valence-corrected chi connectivity index (χ0v) is 13.8. The second-order valence-electron chi connectivity index (χ2n) is 5.64. The molecule has 0 aliphatic rings.